The lowest BCUT2D eigenvalue weighted by Gasteiger charge is -2.28. The molecule has 0 aliphatic heterocycles. The summed E-state index contributed by atoms with van der Waals surface area (Å²) in [6.07, 6.45) is 0. The van der Waals surface area contributed by atoms with Crippen molar-refractivity contribution in [3.05, 3.63) is 231 Å². The number of benzene rings is 10. The van der Waals surface area contributed by atoms with Gasteiger partial charge in [0.25, 0.3) is 0 Å². The van der Waals surface area contributed by atoms with E-state index >= 15 is 0 Å². The molecule has 0 spiro atoms. The van der Waals surface area contributed by atoms with E-state index < -0.39 is 0 Å². The first-order valence-electron chi connectivity index (χ1n) is 19.9. The van der Waals surface area contributed by atoms with E-state index in [0.29, 0.717) is 0 Å². The van der Waals surface area contributed by atoms with Crippen LogP contribution in [0.2, 0.25) is 0 Å². The molecule has 11 aromatic rings. The Bertz CT molecular complexity index is 3270. The highest BCUT2D eigenvalue weighted by molar-refractivity contribution is 6.18. The molecule has 0 bridgehead atoms. The number of nitrogens with zero attached hydrogens (tertiary/aromatic N) is 2. The smallest absolute Gasteiger partial charge is 0.0547 e. The van der Waals surface area contributed by atoms with Crippen molar-refractivity contribution < 1.29 is 0 Å². The Labute approximate surface area is 338 Å². The number of hydrogen-bond donors (Lipinski definition) is 0. The predicted octanol–water partition coefficient (Wildman–Crippen LogP) is 15.6. The van der Waals surface area contributed by atoms with E-state index in [0.717, 1.165) is 22.7 Å². The Balaban J connectivity index is 1.10. The Kier molecular flexibility index (Phi) is 8.19. The summed E-state index contributed by atoms with van der Waals surface area (Å²) in [5, 5.41) is 7.46. The zero-order valence-corrected chi connectivity index (χ0v) is 31.8. The molecule has 0 N–H and O–H groups in total. The van der Waals surface area contributed by atoms with Crippen molar-refractivity contribution in [1.82, 2.24) is 4.57 Å². The van der Waals surface area contributed by atoms with Crippen LogP contribution in [-0.2, 0) is 0 Å². The molecule has 11 rings (SSSR count). The molecule has 0 fully saturated rings. The zero-order chi connectivity index (χ0) is 38.4. The summed E-state index contributed by atoms with van der Waals surface area (Å²) in [6, 6.07) is 83.7. The van der Waals surface area contributed by atoms with Crippen LogP contribution in [0.15, 0.2) is 231 Å². The second-order valence-electron chi connectivity index (χ2n) is 15.0. The topological polar surface area (TPSA) is 8.17 Å². The largest absolute Gasteiger partial charge is 0.310 e. The molecular weight excluding hydrogens is 701 g/mol. The summed E-state index contributed by atoms with van der Waals surface area (Å²) >= 11 is 0. The quantitative estimate of drug-likeness (QED) is 0.158. The van der Waals surface area contributed by atoms with Crippen molar-refractivity contribution in [3.63, 3.8) is 0 Å². The molecule has 0 aliphatic carbocycles. The van der Waals surface area contributed by atoms with Gasteiger partial charge in [-0.2, -0.15) is 0 Å². The van der Waals surface area contributed by atoms with E-state index in [-0.39, 0.29) is 0 Å². The van der Waals surface area contributed by atoms with E-state index in [9.17, 15) is 0 Å². The number of rotatable bonds is 7. The van der Waals surface area contributed by atoms with Crippen LogP contribution in [0.3, 0.4) is 0 Å². The summed E-state index contributed by atoms with van der Waals surface area (Å²) in [7, 11) is 0. The molecule has 58 heavy (non-hydrogen) atoms. The first kappa shape index (κ1) is 33.6. The van der Waals surface area contributed by atoms with Gasteiger partial charge in [0.2, 0.25) is 0 Å². The van der Waals surface area contributed by atoms with Crippen LogP contribution >= 0.6 is 0 Å². The molecule has 0 aliphatic rings. The molecule has 0 saturated carbocycles. The van der Waals surface area contributed by atoms with Crippen molar-refractivity contribution in [3.8, 4) is 39.1 Å². The monoisotopic (exact) mass is 738 g/mol. The van der Waals surface area contributed by atoms with Gasteiger partial charge in [-0.3, -0.25) is 0 Å². The SMILES string of the molecule is c1ccc(-c2ccccc2N(c2ccc(-c3ccc4ccccc4c3)cc2)c2cccc(-c3cccc4c3c3cc5ccccc5cc3n4-c3ccccc3)c2)cc1. The second-order valence-corrected chi connectivity index (χ2v) is 15.0. The number of fused-ring (bicyclic) bond motifs is 5. The van der Waals surface area contributed by atoms with Gasteiger partial charge in [0.15, 0.2) is 0 Å². The molecule has 0 unspecified atom stereocenters. The van der Waals surface area contributed by atoms with E-state index in [1.54, 1.807) is 0 Å². The van der Waals surface area contributed by atoms with E-state index in [4.69, 9.17) is 0 Å². The highest BCUT2D eigenvalue weighted by atomic mass is 15.1. The lowest BCUT2D eigenvalue weighted by Crippen LogP contribution is -2.11. The van der Waals surface area contributed by atoms with Crippen LogP contribution in [0.5, 0.6) is 0 Å². The van der Waals surface area contributed by atoms with Gasteiger partial charge in [-0.25, -0.2) is 0 Å². The molecule has 1 aromatic heterocycles. The molecule has 0 saturated heterocycles. The van der Waals surface area contributed by atoms with Crippen molar-refractivity contribution in [1.29, 1.82) is 0 Å². The molecular formula is C56H38N2. The highest BCUT2D eigenvalue weighted by Gasteiger charge is 2.20. The maximum atomic E-state index is 2.42. The van der Waals surface area contributed by atoms with Crippen LogP contribution in [0.25, 0.3) is 82.4 Å². The normalized spacial score (nSPS) is 11.4. The Morgan fingerprint density at radius 1 is 0.310 bits per heavy atom. The summed E-state index contributed by atoms with van der Waals surface area (Å²) < 4.78 is 2.42. The highest BCUT2D eigenvalue weighted by Crippen LogP contribution is 2.45. The molecule has 272 valence electrons. The number of hydrogen-bond acceptors (Lipinski definition) is 1. The zero-order valence-electron chi connectivity index (χ0n) is 31.8. The maximum Gasteiger partial charge on any atom is 0.0547 e. The van der Waals surface area contributed by atoms with Crippen LogP contribution in [0.1, 0.15) is 0 Å². The predicted molar refractivity (Wildman–Crippen MR) is 247 cm³/mol. The Morgan fingerprint density at radius 2 is 0.914 bits per heavy atom. The first-order chi connectivity index (χ1) is 28.8. The van der Waals surface area contributed by atoms with Gasteiger partial charge in [0, 0.05) is 33.4 Å². The van der Waals surface area contributed by atoms with Gasteiger partial charge in [-0.05, 0) is 116 Å². The lowest BCUT2D eigenvalue weighted by molar-refractivity contribution is 1.18. The molecule has 0 amide bonds. The fraction of sp³-hybridized carbons (Fsp3) is 0. The first-order valence-corrected chi connectivity index (χ1v) is 19.9. The molecule has 2 nitrogen and oxygen atoms in total. The molecule has 2 heteroatoms. The van der Waals surface area contributed by atoms with Gasteiger partial charge < -0.3 is 9.47 Å². The summed E-state index contributed by atoms with van der Waals surface area (Å²) in [4.78, 5) is 2.41. The summed E-state index contributed by atoms with van der Waals surface area (Å²) in [6.45, 7) is 0. The van der Waals surface area contributed by atoms with Crippen molar-refractivity contribution in [2.75, 3.05) is 4.90 Å². The van der Waals surface area contributed by atoms with Crippen molar-refractivity contribution in [2.24, 2.45) is 0 Å². The average Bonchev–Trinajstić information content (AvgIpc) is 3.62. The summed E-state index contributed by atoms with van der Waals surface area (Å²) in [5.74, 6) is 0. The van der Waals surface area contributed by atoms with E-state index in [1.807, 2.05) is 0 Å². The minimum atomic E-state index is 1.09. The standard InChI is InChI=1S/C56H38N2/c1-3-16-41(17-4-1)50-25-11-12-27-53(50)57(48-33-31-40(32-34-48)45-30-29-39-15-7-8-18-42(39)35-45)49-24-13-21-46(36-49)51-26-14-28-54-56(51)52-37-43-19-9-10-20-44(43)38-55(52)58(54)47-22-5-2-6-23-47/h1-38H. The second kappa shape index (κ2) is 14.1. The van der Waals surface area contributed by atoms with Gasteiger partial charge >= 0.3 is 0 Å². The van der Waals surface area contributed by atoms with Crippen LogP contribution in [0, 0.1) is 0 Å². The molecule has 1 heterocycles. The summed E-state index contributed by atoms with van der Waals surface area (Å²) in [5.41, 5.74) is 14.0. The van der Waals surface area contributed by atoms with Gasteiger partial charge in [0.1, 0.15) is 0 Å². The third-order valence-corrected chi connectivity index (χ3v) is 11.5. The molecule has 0 atom stereocenters. The van der Waals surface area contributed by atoms with Crippen LogP contribution in [0.4, 0.5) is 17.1 Å². The van der Waals surface area contributed by atoms with Crippen LogP contribution < -0.4 is 4.90 Å². The Morgan fingerprint density at radius 3 is 1.71 bits per heavy atom. The van der Waals surface area contributed by atoms with E-state index in [1.165, 1.54) is 76.7 Å². The van der Waals surface area contributed by atoms with Gasteiger partial charge in [-0.1, -0.05) is 164 Å². The van der Waals surface area contributed by atoms with Crippen molar-refractivity contribution in [2.45, 2.75) is 0 Å². The fourth-order valence-corrected chi connectivity index (χ4v) is 8.79. The molecule has 0 radical (unpaired) electrons. The van der Waals surface area contributed by atoms with Gasteiger partial charge in [-0.15, -0.1) is 0 Å². The molecule has 10 aromatic carbocycles. The lowest BCUT2D eigenvalue weighted by atomic mass is 9.97. The van der Waals surface area contributed by atoms with Crippen LogP contribution in [-0.4, -0.2) is 4.57 Å². The fourth-order valence-electron chi connectivity index (χ4n) is 8.79. The Hall–Kier alpha value is -7.68. The third-order valence-electron chi connectivity index (χ3n) is 11.5. The minimum absolute atomic E-state index is 1.09. The maximum absolute atomic E-state index is 2.42. The van der Waals surface area contributed by atoms with Crippen molar-refractivity contribution >= 4 is 60.4 Å². The number of aromatic nitrogens is 1. The van der Waals surface area contributed by atoms with E-state index in [2.05, 4.69) is 240 Å². The van der Waals surface area contributed by atoms with Gasteiger partial charge in [0.05, 0.1) is 16.7 Å². The third kappa shape index (κ3) is 5.82. The average molecular weight is 739 g/mol. The minimum Gasteiger partial charge on any atom is -0.310 e. The number of para-hydroxylation sites is 2. The number of anilines is 3.